The molecule has 0 saturated carbocycles. The molecule has 0 aliphatic carbocycles. The highest BCUT2D eigenvalue weighted by Gasteiger charge is 2.13. The van der Waals surface area contributed by atoms with E-state index in [-0.39, 0.29) is 5.91 Å². The van der Waals surface area contributed by atoms with E-state index in [9.17, 15) is 4.79 Å². The van der Waals surface area contributed by atoms with Crippen molar-refractivity contribution in [3.05, 3.63) is 59.7 Å². The number of methoxy groups -OCH3 is 1. The number of amides is 1. The zero-order chi connectivity index (χ0) is 17.5. The lowest BCUT2D eigenvalue weighted by atomic mass is 10.1. The van der Waals surface area contributed by atoms with E-state index < -0.39 is 0 Å². The van der Waals surface area contributed by atoms with Crippen molar-refractivity contribution < 1.29 is 14.3 Å². The molecule has 130 valence electrons. The van der Waals surface area contributed by atoms with Crippen molar-refractivity contribution >= 4 is 17.8 Å². The summed E-state index contributed by atoms with van der Waals surface area (Å²) in [6.07, 6.45) is 1.59. The molecule has 0 unspecified atom stereocenters. The van der Waals surface area contributed by atoms with Gasteiger partial charge in [-0.3, -0.25) is 4.79 Å². The number of hydrazone groups is 1. The van der Waals surface area contributed by atoms with E-state index in [0.29, 0.717) is 11.3 Å². The standard InChI is InChI=1S/C19H21N3O3/c1-24-18-13-17(22-9-11-25-12-10-22)8-7-16(18)14-20-21-19(23)15-5-3-2-4-6-15/h2-8,13-14H,9-12H2,1H3,(H,21,23)/b20-14-. The number of nitrogens with zero attached hydrogens (tertiary/aromatic N) is 2. The van der Waals surface area contributed by atoms with E-state index in [4.69, 9.17) is 9.47 Å². The lowest BCUT2D eigenvalue weighted by Gasteiger charge is -2.29. The van der Waals surface area contributed by atoms with E-state index in [0.717, 1.165) is 37.6 Å². The summed E-state index contributed by atoms with van der Waals surface area (Å²) in [7, 11) is 1.62. The average molecular weight is 339 g/mol. The molecule has 3 rings (SSSR count). The number of hydrogen-bond donors (Lipinski definition) is 1. The number of hydrogen-bond acceptors (Lipinski definition) is 5. The van der Waals surface area contributed by atoms with Gasteiger partial charge in [-0.2, -0.15) is 5.10 Å². The second-order valence-electron chi connectivity index (χ2n) is 5.59. The van der Waals surface area contributed by atoms with Crippen molar-refractivity contribution in [2.75, 3.05) is 38.3 Å². The maximum atomic E-state index is 12.0. The SMILES string of the molecule is COc1cc(N2CCOCC2)ccc1/C=N\NC(=O)c1ccccc1. The number of anilines is 1. The monoisotopic (exact) mass is 339 g/mol. The Labute approximate surface area is 147 Å². The Balaban J connectivity index is 1.68. The Hall–Kier alpha value is -2.86. The molecular formula is C19H21N3O3. The molecule has 1 aliphatic rings. The second kappa shape index (κ2) is 8.30. The molecule has 1 amide bonds. The number of nitrogens with one attached hydrogen (secondary N) is 1. The molecule has 0 atom stereocenters. The molecule has 1 aliphatic heterocycles. The van der Waals surface area contributed by atoms with Crippen LogP contribution in [-0.4, -0.2) is 45.5 Å². The van der Waals surface area contributed by atoms with Crippen LogP contribution in [0.25, 0.3) is 0 Å². The Morgan fingerprint density at radius 1 is 1.20 bits per heavy atom. The van der Waals surface area contributed by atoms with Crippen molar-refractivity contribution in [3.63, 3.8) is 0 Å². The number of rotatable bonds is 5. The highest BCUT2D eigenvalue weighted by molar-refractivity contribution is 5.95. The van der Waals surface area contributed by atoms with Crippen LogP contribution in [0.3, 0.4) is 0 Å². The van der Waals surface area contributed by atoms with Crippen LogP contribution in [0.4, 0.5) is 5.69 Å². The average Bonchev–Trinajstić information content (AvgIpc) is 2.69. The fourth-order valence-electron chi connectivity index (χ4n) is 2.64. The molecule has 2 aromatic carbocycles. The summed E-state index contributed by atoms with van der Waals surface area (Å²) in [6, 6.07) is 14.9. The third-order valence-corrected chi connectivity index (χ3v) is 4.00. The van der Waals surface area contributed by atoms with Gasteiger partial charge in [0, 0.05) is 36.0 Å². The Morgan fingerprint density at radius 3 is 2.68 bits per heavy atom. The molecule has 0 radical (unpaired) electrons. The summed E-state index contributed by atoms with van der Waals surface area (Å²) in [5.41, 5.74) is 4.98. The van der Waals surface area contributed by atoms with Crippen LogP contribution in [0.1, 0.15) is 15.9 Å². The smallest absolute Gasteiger partial charge is 0.271 e. The first-order chi connectivity index (χ1) is 12.3. The van der Waals surface area contributed by atoms with E-state index in [1.165, 1.54) is 0 Å². The maximum absolute atomic E-state index is 12.0. The zero-order valence-corrected chi connectivity index (χ0v) is 14.1. The molecule has 25 heavy (non-hydrogen) atoms. The third kappa shape index (κ3) is 4.36. The fourth-order valence-corrected chi connectivity index (χ4v) is 2.64. The van der Waals surface area contributed by atoms with Crippen LogP contribution in [-0.2, 0) is 4.74 Å². The first-order valence-electron chi connectivity index (χ1n) is 8.17. The number of carbonyl (C=O) groups is 1. The summed E-state index contributed by atoms with van der Waals surface area (Å²) < 4.78 is 10.8. The second-order valence-corrected chi connectivity index (χ2v) is 5.59. The fraction of sp³-hybridized carbons (Fsp3) is 0.263. The van der Waals surface area contributed by atoms with E-state index >= 15 is 0 Å². The van der Waals surface area contributed by atoms with Crippen molar-refractivity contribution in [1.82, 2.24) is 5.43 Å². The number of carbonyl (C=O) groups excluding carboxylic acids is 1. The van der Waals surface area contributed by atoms with Crippen LogP contribution in [0.5, 0.6) is 5.75 Å². The molecule has 6 nitrogen and oxygen atoms in total. The summed E-state index contributed by atoms with van der Waals surface area (Å²) in [5, 5.41) is 4.03. The number of ether oxygens (including phenoxy) is 2. The minimum absolute atomic E-state index is 0.249. The molecule has 0 bridgehead atoms. The van der Waals surface area contributed by atoms with Gasteiger partial charge in [0.05, 0.1) is 26.5 Å². The summed E-state index contributed by atoms with van der Waals surface area (Å²) in [5.74, 6) is 0.461. The molecule has 6 heteroatoms. The molecule has 1 saturated heterocycles. The van der Waals surface area contributed by atoms with Gasteiger partial charge in [-0.05, 0) is 24.3 Å². The lowest BCUT2D eigenvalue weighted by molar-refractivity contribution is 0.0955. The van der Waals surface area contributed by atoms with Crippen molar-refractivity contribution in [2.45, 2.75) is 0 Å². The molecule has 0 aromatic heterocycles. The molecular weight excluding hydrogens is 318 g/mol. The maximum Gasteiger partial charge on any atom is 0.271 e. The predicted molar refractivity (Wildman–Crippen MR) is 97.5 cm³/mol. The number of morpholine rings is 1. The third-order valence-electron chi connectivity index (χ3n) is 4.00. The highest BCUT2D eigenvalue weighted by atomic mass is 16.5. The topological polar surface area (TPSA) is 63.2 Å². The van der Waals surface area contributed by atoms with Gasteiger partial charge in [0.15, 0.2) is 0 Å². The largest absolute Gasteiger partial charge is 0.496 e. The Kier molecular flexibility index (Phi) is 5.64. The van der Waals surface area contributed by atoms with Crippen LogP contribution < -0.4 is 15.1 Å². The van der Waals surface area contributed by atoms with E-state index in [1.54, 1.807) is 25.5 Å². The molecule has 0 spiro atoms. The van der Waals surface area contributed by atoms with Gasteiger partial charge in [-0.25, -0.2) is 5.43 Å². The summed E-state index contributed by atoms with van der Waals surface area (Å²) >= 11 is 0. The van der Waals surface area contributed by atoms with E-state index in [2.05, 4.69) is 15.4 Å². The van der Waals surface area contributed by atoms with Crippen LogP contribution >= 0.6 is 0 Å². The highest BCUT2D eigenvalue weighted by Crippen LogP contribution is 2.25. The molecule has 1 fully saturated rings. The van der Waals surface area contributed by atoms with Crippen molar-refractivity contribution in [2.24, 2.45) is 5.10 Å². The van der Waals surface area contributed by atoms with Gasteiger partial charge < -0.3 is 14.4 Å². The van der Waals surface area contributed by atoms with Crippen LogP contribution in [0.2, 0.25) is 0 Å². The predicted octanol–water partition coefficient (Wildman–Crippen LogP) is 2.30. The van der Waals surface area contributed by atoms with Crippen LogP contribution in [0.15, 0.2) is 53.6 Å². The first kappa shape index (κ1) is 17.0. The van der Waals surface area contributed by atoms with Crippen molar-refractivity contribution in [1.29, 1.82) is 0 Å². The summed E-state index contributed by atoms with van der Waals surface area (Å²) in [4.78, 5) is 14.2. The van der Waals surface area contributed by atoms with Gasteiger partial charge in [-0.1, -0.05) is 18.2 Å². The minimum atomic E-state index is -0.249. The lowest BCUT2D eigenvalue weighted by Crippen LogP contribution is -2.36. The quantitative estimate of drug-likeness (QED) is 0.671. The molecule has 1 N–H and O–H groups in total. The molecule has 1 heterocycles. The van der Waals surface area contributed by atoms with Crippen molar-refractivity contribution in [3.8, 4) is 5.75 Å². The van der Waals surface area contributed by atoms with E-state index in [1.807, 2.05) is 36.4 Å². The normalized spacial score (nSPS) is 14.5. The van der Waals surface area contributed by atoms with Gasteiger partial charge in [0.1, 0.15) is 5.75 Å². The Morgan fingerprint density at radius 2 is 1.96 bits per heavy atom. The summed E-state index contributed by atoms with van der Waals surface area (Å²) in [6.45, 7) is 3.20. The van der Waals surface area contributed by atoms with Gasteiger partial charge in [0.25, 0.3) is 5.91 Å². The first-order valence-corrected chi connectivity index (χ1v) is 8.17. The van der Waals surface area contributed by atoms with Gasteiger partial charge in [0.2, 0.25) is 0 Å². The number of benzene rings is 2. The van der Waals surface area contributed by atoms with Crippen LogP contribution in [0, 0.1) is 0 Å². The molecule has 2 aromatic rings. The zero-order valence-electron chi connectivity index (χ0n) is 14.1. The van der Waals surface area contributed by atoms with Gasteiger partial charge in [-0.15, -0.1) is 0 Å². The Bertz CT molecular complexity index is 741. The van der Waals surface area contributed by atoms with Gasteiger partial charge >= 0.3 is 0 Å². The minimum Gasteiger partial charge on any atom is -0.496 e.